The number of aryl methyl sites for hydroxylation is 2. The van der Waals surface area contributed by atoms with Gasteiger partial charge in [-0.15, -0.1) is 0 Å². The Labute approximate surface area is 155 Å². The molecule has 1 amide bonds. The summed E-state index contributed by atoms with van der Waals surface area (Å²) in [6.07, 6.45) is 3.38. The lowest BCUT2D eigenvalue weighted by molar-refractivity contribution is -0.384. The van der Waals surface area contributed by atoms with Crippen molar-refractivity contribution in [3.8, 4) is 11.5 Å². The number of nitro groups is 1. The normalized spacial score (nSPS) is 10.4. The predicted octanol–water partition coefficient (Wildman–Crippen LogP) is 3.84. The molecule has 138 valence electrons. The van der Waals surface area contributed by atoms with Crippen LogP contribution in [-0.4, -0.2) is 20.6 Å². The second-order valence-corrected chi connectivity index (χ2v) is 6.10. The first-order valence-electron chi connectivity index (χ1n) is 8.22. The van der Waals surface area contributed by atoms with Crippen molar-refractivity contribution >= 4 is 17.3 Å². The second kappa shape index (κ2) is 7.69. The Morgan fingerprint density at radius 1 is 1.26 bits per heavy atom. The third-order valence-electron chi connectivity index (χ3n) is 3.78. The number of rotatable bonds is 6. The largest absolute Gasteiger partial charge is 0.457 e. The predicted molar refractivity (Wildman–Crippen MR) is 99.9 cm³/mol. The maximum Gasteiger partial charge on any atom is 0.275 e. The van der Waals surface area contributed by atoms with Gasteiger partial charge in [-0.1, -0.05) is 18.2 Å². The summed E-state index contributed by atoms with van der Waals surface area (Å²) in [5.74, 6) is 0.506. The number of carbonyl (C=O) groups excluding carboxylic acids is 1. The van der Waals surface area contributed by atoms with E-state index < -0.39 is 4.92 Å². The smallest absolute Gasteiger partial charge is 0.275 e. The minimum absolute atomic E-state index is 0.00448. The lowest BCUT2D eigenvalue weighted by atomic mass is 10.2. The van der Waals surface area contributed by atoms with Crippen LogP contribution >= 0.6 is 0 Å². The summed E-state index contributed by atoms with van der Waals surface area (Å²) < 4.78 is 7.26. The highest BCUT2D eigenvalue weighted by Gasteiger charge is 2.14. The number of benzene rings is 2. The zero-order chi connectivity index (χ0) is 19.4. The Morgan fingerprint density at radius 3 is 2.70 bits per heavy atom. The summed E-state index contributed by atoms with van der Waals surface area (Å²) in [6.45, 7) is 3.75. The maximum atomic E-state index is 12.2. The van der Waals surface area contributed by atoms with E-state index in [2.05, 4.69) is 10.4 Å². The Kier molecular flexibility index (Phi) is 5.16. The third kappa shape index (κ3) is 4.69. The van der Waals surface area contributed by atoms with E-state index in [1.807, 2.05) is 32.0 Å². The zero-order valence-corrected chi connectivity index (χ0v) is 14.9. The number of ether oxygens (including phenoxy) is 1. The summed E-state index contributed by atoms with van der Waals surface area (Å²) in [6, 6.07) is 11.5. The van der Waals surface area contributed by atoms with E-state index in [0.717, 1.165) is 11.1 Å². The van der Waals surface area contributed by atoms with Crippen LogP contribution in [0.15, 0.2) is 54.9 Å². The number of nitro benzene ring substituents is 1. The van der Waals surface area contributed by atoms with Crippen LogP contribution in [-0.2, 0) is 11.3 Å². The first kappa shape index (κ1) is 18.1. The molecular weight excluding hydrogens is 348 g/mol. The van der Waals surface area contributed by atoms with E-state index in [1.165, 1.54) is 16.8 Å². The fourth-order valence-electron chi connectivity index (χ4n) is 2.52. The molecule has 0 aliphatic heterocycles. The van der Waals surface area contributed by atoms with Crippen LogP contribution in [0, 0.1) is 24.0 Å². The van der Waals surface area contributed by atoms with Crippen LogP contribution in [0.25, 0.3) is 0 Å². The zero-order valence-electron chi connectivity index (χ0n) is 14.9. The van der Waals surface area contributed by atoms with Crippen LogP contribution in [0.2, 0.25) is 0 Å². The van der Waals surface area contributed by atoms with E-state index in [9.17, 15) is 14.9 Å². The number of amides is 1. The topological polar surface area (TPSA) is 99.3 Å². The fourth-order valence-corrected chi connectivity index (χ4v) is 2.52. The van der Waals surface area contributed by atoms with E-state index in [1.54, 1.807) is 24.5 Å². The molecule has 0 unspecified atom stereocenters. The van der Waals surface area contributed by atoms with Crippen LogP contribution in [0.4, 0.5) is 11.4 Å². The molecule has 1 heterocycles. The molecule has 27 heavy (non-hydrogen) atoms. The Bertz CT molecular complexity index is 997. The molecule has 8 heteroatoms. The first-order valence-corrected chi connectivity index (χ1v) is 8.22. The summed E-state index contributed by atoms with van der Waals surface area (Å²) in [5, 5.41) is 17.9. The van der Waals surface area contributed by atoms with Gasteiger partial charge in [-0.05, 0) is 31.0 Å². The molecule has 0 aliphatic rings. The molecule has 0 radical (unpaired) electrons. The van der Waals surface area contributed by atoms with Gasteiger partial charge in [0.25, 0.3) is 5.69 Å². The summed E-state index contributed by atoms with van der Waals surface area (Å²) in [5.41, 5.74) is 1.93. The number of non-ortho nitro benzene ring substituents is 1. The molecule has 0 bridgehead atoms. The van der Waals surface area contributed by atoms with E-state index in [4.69, 9.17) is 4.74 Å². The molecule has 1 aromatic heterocycles. The third-order valence-corrected chi connectivity index (χ3v) is 3.78. The van der Waals surface area contributed by atoms with Crippen LogP contribution < -0.4 is 10.1 Å². The van der Waals surface area contributed by atoms with E-state index in [0.29, 0.717) is 5.75 Å². The number of aromatic nitrogens is 2. The average molecular weight is 366 g/mol. The molecule has 0 spiro atoms. The molecular formula is C19H18N4O4. The van der Waals surface area contributed by atoms with Gasteiger partial charge < -0.3 is 10.1 Å². The van der Waals surface area contributed by atoms with Crippen molar-refractivity contribution in [2.24, 2.45) is 0 Å². The number of hydrogen-bond donors (Lipinski definition) is 1. The minimum atomic E-state index is -0.531. The molecule has 2 aromatic carbocycles. The van der Waals surface area contributed by atoms with E-state index >= 15 is 0 Å². The van der Waals surface area contributed by atoms with Crippen molar-refractivity contribution in [2.75, 3.05) is 5.32 Å². The molecule has 0 aliphatic carbocycles. The molecule has 1 N–H and O–H groups in total. The highest BCUT2D eigenvalue weighted by Crippen LogP contribution is 2.31. The Morgan fingerprint density at radius 2 is 2.04 bits per heavy atom. The van der Waals surface area contributed by atoms with Crippen molar-refractivity contribution in [1.29, 1.82) is 0 Å². The molecule has 0 saturated heterocycles. The van der Waals surface area contributed by atoms with Gasteiger partial charge in [0.15, 0.2) is 0 Å². The highest BCUT2D eigenvalue weighted by molar-refractivity contribution is 5.91. The van der Waals surface area contributed by atoms with Crippen molar-refractivity contribution < 1.29 is 14.5 Å². The number of nitrogens with zero attached hydrogens (tertiary/aromatic N) is 3. The van der Waals surface area contributed by atoms with Crippen molar-refractivity contribution in [3.63, 3.8) is 0 Å². The van der Waals surface area contributed by atoms with Gasteiger partial charge in [0, 0.05) is 18.3 Å². The van der Waals surface area contributed by atoms with Crippen LogP contribution in [0.3, 0.4) is 0 Å². The summed E-state index contributed by atoms with van der Waals surface area (Å²) >= 11 is 0. The molecule has 3 aromatic rings. The van der Waals surface area contributed by atoms with Crippen molar-refractivity contribution in [1.82, 2.24) is 9.78 Å². The van der Waals surface area contributed by atoms with Crippen molar-refractivity contribution in [2.45, 2.75) is 20.4 Å². The number of anilines is 1. The number of para-hydroxylation sites is 1. The van der Waals surface area contributed by atoms with Gasteiger partial charge >= 0.3 is 0 Å². The van der Waals surface area contributed by atoms with Gasteiger partial charge in [0.1, 0.15) is 18.0 Å². The van der Waals surface area contributed by atoms with Crippen molar-refractivity contribution in [3.05, 3.63) is 76.1 Å². The van der Waals surface area contributed by atoms with Gasteiger partial charge in [-0.3, -0.25) is 19.6 Å². The summed E-state index contributed by atoms with van der Waals surface area (Å²) in [4.78, 5) is 22.9. The first-order chi connectivity index (χ1) is 12.9. The van der Waals surface area contributed by atoms with Crippen LogP contribution in [0.1, 0.15) is 11.1 Å². The van der Waals surface area contributed by atoms with Gasteiger partial charge in [-0.2, -0.15) is 5.10 Å². The minimum Gasteiger partial charge on any atom is -0.457 e. The number of carbonyl (C=O) groups is 1. The summed E-state index contributed by atoms with van der Waals surface area (Å²) in [7, 11) is 0. The molecule has 0 saturated carbocycles. The van der Waals surface area contributed by atoms with Gasteiger partial charge in [-0.25, -0.2) is 0 Å². The van der Waals surface area contributed by atoms with Gasteiger partial charge in [0.05, 0.1) is 22.9 Å². The van der Waals surface area contributed by atoms with Crippen LogP contribution in [0.5, 0.6) is 11.5 Å². The standard InChI is InChI=1S/C19H18N4O4/c1-13-10-20-22(11-13)12-19(24)21-15-7-16(23(25)26)9-17(8-15)27-18-6-4-3-5-14(18)2/h3-11H,12H2,1-2H3,(H,21,24). The lowest BCUT2D eigenvalue weighted by Gasteiger charge is -2.11. The Balaban J connectivity index is 1.81. The fraction of sp³-hybridized carbons (Fsp3) is 0.158. The van der Waals surface area contributed by atoms with E-state index in [-0.39, 0.29) is 29.6 Å². The molecule has 3 rings (SSSR count). The maximum absolute atomic E-state index is 12.2. The molecule has 0 fully saturated rings. The SMILES string of the molecule is Cc1cnn(CC(=O)Nc2cc(Oc3ccccc3C)cc([N+](=O)[O-])c2)c1. The second-order valence-electron chi connectivity index (χ2n) is 6.10. The van der Waals surface area contributed by atoms with Gasteiger partial charge in [0.2, 0.25) is 5.91 Å². The lowest BCUT2D eigenvalue weighted by Crippen LogP contribution is -2.19. The molecule has 0 atom stereocenters. The molecule has 8 nitrogen and oxygen atoms in total. The number of hydrogen-bond acceptors (Lipinski definition) is 5. The quantitative estimate of drug-likeness (QED) is 0.528. The average Bonchev–Trinajstić information content (AvgIpc) is 3.01. The highest BCUT2D eigenvalue weighted by atomic mass is 16.6. The monoisotopic (exact) mass is 366 g/mol. The Hall–Kier alpha value is -3.68. The number of nitrogens with one attached hydrogen (secondary N) is 1.